The summed E-state index contributed by atoms with van der Waals surface area (Å²) in [6, 6.07) is 10.2. The molecule has 0 aliphatic heterocycles. The molecule has 1 aromatic heterocycles. The number of aromatic hydroxyl groups is 1. The van der Waals surface area contributed by atoms with Crippen molar-refractivity contribution in [3.05, 3.63) is 53.7 Å². The molecule has 6 nitrogen and oxygen atoms in total. The average Bonchev–Trinajstić information content (AvgIpc) is 2.54. The molecule has 0 saturated carbocycles. The molecule has 0 spiro atoms. The maximum Gasteiger partial charge on any atom is 0.251 e. The summed E-state index contributed by atoms with van der Waals surface area (Å²) in [6.07, 6.45) is 1.45. The molecule has 0 aliphatic carbocycles. The first-order chi connectivity index (χ1) is 11.3. The van der Waals surface area contributed by atoms with Gasteiger partial charge in [0, 0.05) is 11.8 Å². The summed E-state index contributed by atoms with van der Waals surface area (Å²) in [5, 5.41) is 14.5. The predicted molar refractivity (Wildman–Crippen MR) is 92.0 cm³/mol. The minimum Gasteiger partial charge on any atom is -0.504 e. The standard InChI is InChI=1S/C18H21N3O3/c1-18(2,3)13-8-6-12(7-9-13)17(24)20-11-15(23)21-16-14(22)5-4-10-19-16/h4-10,22H,11H2,1-3H3,(H,20,24)(H,19,21,23). The van der Waals surface area contributed by atoms with Crippen LogP contribution in [0.3, 0.4) is 0 Å². The third-order valence-corrected chi connectivity index (χ3v) is 3.47. The van der Waals surface area contributed by atoms with Gasteiger partial charge in [-0.2, -0.15) is 0 Å². The van der Waals surface area contributed by atoms with Crippen LogP contribution in [-0.4, -0.2) is 28.4 Å². The number of hydrogen-bond donors (Lipinski definition) is 3. The number of nitrogens with zero attached hydrogens (tertiary/aromatic N) is 1. The Bertz CT molecular complexity index is 734. The fraction of sp³-hybridized carbons (Fsp3) is 0.278. The van der Waals surface area contributed by atoms with Gasteiger partial charge in [-0.25, -0.2) is 4.98 Å². The Morgan fingerprint density at radius 1 is 1.12 bits per heavy atom. The zero-order valence-electron chi connectivity index (χ0n) is 14.0. The Hall–Kier alpha value is -2.89. The van der Waals surface area contributed by atoms with Gasteiger partial charge in [-0.3, -0.25) is 9.59 Å². The first-order valence-electron chi connectivity index (χ1n) is 7.60. The molecule has 24 heavy (non-hydrogen) atoms. The predicted octanol–water partition coefficient (Wildman–Crippen LogP) is 2.45. The second kappa shape index (κ2) is 7.12. The number of benzene rings is 1. The van der Waals surface area contributed by atoms with Crippen LogP contribution in [0.2, 0.25) is 0 Å². The van der Waals surface area contributed by atoms with E-state index in [9.17, 15) is 14.7 Å². The van der Waals surface area contributed by atoms with Crippen molar-refractivity contribution in [2.75, 3.05) is 11.9 Å². The van der Waals surface area contributed by atoms with E-state index < -0.39 is 5.91 Å². The minimum atomic E-state index is -0.469. The van der Waals surface area contributed by atoms with Crippen molar-refractivity contribution in [3.8, 4) is 5.75 Å². The van der Waals surface area contributed by atoms with Gasteiger partial charge in [0.15, 0.2) is 11.6 Å². The molecule has 0 radical (unpaired) electrons. The summed E-state index contributed by atoms with van der Waals surface area (Å²) < 4.78 is 0. The third-order valence-electron chi connectivity index (χ3n) is 3.47. The van der Waals surface area contributed by atoms with Gasteiger partial charge in [0.1, 0.15) is 0 Å². The van der Waals surface area contributed by atoms with E-state index in [-0.39, 0.29) is 29.4 Å². The number of anilines is 1. The van der Waals surface area contributed by atoms with Crippen molar-refractivity contribution in [1.82, 2.24) is 10.3 Å². The van der Waals surface area contributed by atoms with E-state index in [1.807, 2.05) is 12.1 Å². The summed E-state index contributed by atoms with van der Waals surface area (Å²) in [7, 11) is 0. The number of amides is 2. The van der Waals surface area contributed by atoms with E-state index >= 15 is 0 Å². The van der Waals surface area contributed by atoms with Crippen molar-refractivity contribution >= 4 is 17.6 Å². The maximum atomic E-state index is 12.1. The van der Waals surface area contributed by atoms with Crippen LogP contribution in [0.4, 0.5) is 5.82 Å². The third kappa shape index (κ3) is 4.55. The van der Waals surface area contributed by atoms with Gasteiger partial charge < -0.3 is 15.7 Å². The number of carbonyl (C=O) groups is 2. The van der Waals surface area contributed by atoms with Crippen LogP contribution in [0.5, 0.6) is 5.75 Å². The van der Waals surface area contributed by atoms with Crippen LogP contribution in [0.1, 0.15) is 36.7 Å². The summed E-state index contributed by atoms with van der Waals surface area (Å²) in [4.78, 5) is 27.7. The molecule has 0 unspecified atom stereocenters. The van der Waals surface area contributed by atoms with Crippen molar-refractivity contribution < 1.29 is 14.7 Å². The van der Waals surface area contributed by atoms with Crippen molar-refractivity contribution in [2.24, 2.45) is 0 Å². The zero-order valence-corrected chi connectivity index (χ0v) is 14.0. The number of carbonyl (C=O) groups excluding carboxylic acids is 2. The van der Waals surface area contributed by atoms with E-state index in [1.165, 1.54) is 12.3 Å². The largest absolute Gasteiger partial charge is 0.504 e. The lowest BCUT2D eigenvalue weighted by molar-refractivity contribution is -0.115. The summed E-state index contributed by atoms with van der Waals surface area (Å²) >= 11 is 0. The Kier molecular flexibility index (Phi) is 5.18. The van der Waals surface area contributed by atoms with Gasteiger partial charge in [0.05, 0.1) is 6.54 Å². The van der Waals surface area contributed by atoms with Gasteiger partial charge in [0.2, 0.25) is 5.91 Å². The fourth-order valence-corrected chi connectivity index (χ4v) is 2.05. The number of rotatable bonds is 4. The smallest absolute Gasteiger partial charge is 0.251 e. The highest BCUT2D eigenvalue weighted by Crippen LogP contribution is 2.22. The minimum absolute atomic E-state index is 0.0135. The molecular formula is C18H21N3O3. The Labute approximate surface area is 140 Å². The van der Waals surface area contributed by atoms with Crippen molar-refractivity contribution in [1.29, 1.82) is 0 Å². The molecule has 6 heteroatoms. The van der Waals surface area contributed by atoms with Gasteiger partial charge in [-0.15, -0.1) is 0 Å². The molecule has 2 amide bonds. The lowest BCUT2D eigenvalue weighted by atomic mass is 9.87. The van der Waals surface area contributed by atoms with Crippen LogP contribution in [0.15, 0.2) is 42.6 Å². The topological polar surface area (TPSA) is 91.3 Å². The SMILES string of the molecule is CC(C)(C)c1ccc(C(=O)NCC(=O)Nc2ncccc2O)cc1. The molecule has 0 atom stereocenters. The lowest BCUT2D eigenvalue weighted by Gasteiger charge is -2.19. The van der Waals surface area contributed by atoms with Crippen LogP contribution in [-0.2, 0) is 10.2 Å². The number of nitrogens with one attached hydrogen (secondary N) is 2. The quantitative estimate of drug-likeness (QED) is 0.804. The molecule has 126 valence electrons. The zero-order chi connectivity index (χ0) is 17.7. The van der Waals surface area contributed by atoms with Crippen LogP contribution >= 0.6 is 0 Å². The van der Waals surface area contributed by atoms with E-state index in [2.05, 4.69) is 36.4 Å². The maximum absolute atomic E-state index is 12.1. The second-order valence-electron chi connectivity index (χ2n) is 6.43. The van der Waals surface area contributed by atoms with E-state index in [1.54, 1.807) is 18.2 Å². The Morgan fingerprint density at radius 2 is 1.79 bits per heavy atom. The molecule has 0 bridgehead atoms. The van der Waals surface area contributed by atoms with Gasteiger partial charge >= 0.3 is 0 Å². The van der Waals surface area contributed by atoms with Gasteiger partial charge in [-0.05, 0) is 35.2 Å². The highest BCUT2D eigenvalue weighted by atomic mass is 16.3. The van der Waals surface area contributed by atoms with Crippen molar-refractivity contribution in [3.63, 3.8) is 0 Å². The second-order valence-corrected chi connectivity index (χ2v) is 6.43. The molecule has 1 aromatic carbocycles. The van der Waals surface area contributed by atoms with E-state index in [0.717, 1.165) is 5.56 Å². The van der Waals surface area contributed by atoms with Crippen molar-refractivity contribution in [2.45, 2.75) is 26.2 Å². The van der Waals surface area contributed by atoms with Crippen LogP contribution < -0.4 is 10.6 Å². The van der Waals surface area contributed by atoms with E-state index in [0.29, 0.717) is 5.56 Å². The summed E-state index contributed by atoms with van der Waals surface area (Å²) in [5.41, 5.74) is 1.62. The number of pyridine rings is 1. The molecular weight excluding hydrogens is 306 g/mol. The highest BCUT2D eigenvalue weighted by molar-refractivity contribution is 5.99. The molecule has 0 fully saturated rings. The highest BCUT2D eigenvalue weighted by Gasteiger charge is 2.15. The van der Waals surface area contributed by atoms with E-state index in [4.69, 9.17) is 0 Å². The lowest BCUT2D eigenvalue weighted by Crippen LogP contribution is -2.33. The number of aromatic nitrogens is 1. The van der Waals surface area contributed by atoms with Gasteiger partial charge in [-0.1, -0.05) is 32.9 Å². The first kappa shape index (κ1) is 17.5. The average molecular weight is 327 g/mol. The molecule has 0 aliphatic rings. The molecule has 2 aromatic rings. The van der Waals surface area contributed by atoms with Crippen LogP contribution in [0, 0.1) is 0 Å². The first-order valence-corrected chi connectivity index (χ1v) is 7.60. The summed E-state index contributed by atoms with van der Waals surface area (Å²) in [5.74, 6) is -0.874. The summed E-state index contributed by atoms with van der Waals surface area (Å²) in [6.45, 7) is 6.08. The Morgan fingerprint density at radius 3 is 2.38 bits per heavy atom. The monoisotopic (exact) mass is 327 g/mol. The van der Waals surface area contributed by atoms with Crippen LogP contribution in [0.25, 0.3) is 0 Å². The Balaban J connectivity index is 1.91. The number of hydrogen-bond acceptors (Lipinski definition) is 4. The molecule has 3 N–H and O–H groups in total. The molecule has 1 heterocycles. The molecule has 0 saturated heterocycles. The normalized spacial score (nSPS) is 11.0. The molecule has 2 rings (SSSR count). The fourth-order valence-electron chi connectivity index (χ4n) is 2.05. The van der Waals surface area contributed by atoms with Gasteiger partial charge in [0.25, 0.3) is 5.91 Å².